The third-order valence-electron chi connectivity index (χ3n) is 3.97. The van der Waals surface area contributed by atoms with Gasteiger partial charge in [0.25, 0.3) is 0 Å². The predicted molar refractivity (Wildman–Crippen MR) is 83.9 cm³/mol. The van der Waals surface area contributed by atoms with E-state index < -0.39 is 0 Å². The highest BCUT2D eigenvalue weighted by Crippen LogP contribution is 2.20. The molecule has 0 aromatic heterocycles. The van der Waals surface area contributed by atoms with E-state index in [9.17, 15) is 0 Å². The fourth-order valence-electron chi connectivity index (χ4n) is 2.85. The summed E-state index contributed by atoms with van der Waals surface area (Å²) in [5.41, 5.74) is 2.98. The van der Waals surface area contributed by atoms with Gasteiger partial charge in [-0.2, -0.15) is 0 Å². The molecule has 112 valence electrons. The third-order valence-corrected chi connectivity index (χ3v) is 3.97. The molecule has 1 heterocycles. The van der Waals surface area contributed by atoms with Crippen LogP contribution in [0.1, 0.15) is 25.0 Å². The number of ether oxygens (including phenoxy) is 1. The van der Waals surface area contributed by atoms with Gasteiger partial charge in [0.1, 0.15) is 0 Å². The number of benzene rings is 1. The molecule has 1 atom stereocenters. The molecule has 20 heavy (non-hydrogen) atoms. The first kappa shape index (κ1) is 15.5. The van der Waals surface area contributed by atoms with Crippen molar-refractivity contribution in [2.45, 2.75) is 32.9 Å². The lowest BCUT2D eigenvalue weighted by molar-refractivity contribution is 0.0803. The van der Waals surface area contributed by atoms with Crippen molar-refractivity contribution in [2.24, 2.45) is 5.92 Å². The van der Waals surface area contributed by atoms with Crippen molar-refractivity contribution < 1.29 is 4.74 Å². The fourth-order valence-corrected chi connectivity index (χ4v) is 2.85. The Labute approximate surface area is 123 Å². The van der Waals surface area contributed by atoms with E-state index in [0.717, 1.165) is 39.2 Å². The Morgan fingerprint density at radius 2 is 1.95 bits per heavy atom. The minimum Gasteiger partial charge on any atom is -0.383 e. The molecule has 0 amide bonds. The predicted octanol–water partition coefficient (Wildman–Crippen LogP) is 2.31. The van der Waals surface area contributed by atoms with E-state index in [-0.39, 0.29) is 0 Å². The highest BCUT2D eigenvalue weighted by Gasteiger charge is 2.23. The molecule has 0 bridgehead atoms. The van der Waals surface area contributed by atoms with Crippen LogP contribution in [0.15, 0.2) is 24.3 Å². The molecule has 1 N–H and O–H groups in total. The van der Waals surface area contributed by atoms with Gasteiger partial charge in [-0.3, -0.25) is 4.90 Å². The van der Waals surface area contributed by atoms with Crippen LogP contribution < -0.4 is 5.32 Å². The van der Waals surface area contributed by atoms with E-state index in [1.807, 2.05) is 0 Å². The molecule has 0 aliphatic carbocycles. The van der Waals surface area contributed by atoms with Crippen molar-refractivity contribution in [1.82, 2.24) is 10.2 Å². The minimum absolute atomic E-state index is 0.465. The topological polar surface area (TPSA) is 24.5 Å². The van der Waals surface area contributed by atoms with Crippen LogP contribution in [-0.2, 0) is 17.7 Å². The zero-order chi connectivity index (χ0) is 14.4. The van der Waals surface area contributed by atoms with Gasteiger partial charge in [0, 0.05) is 32.8 Å². The van der Waals surface area contributed by atoms with Crippen molar-refractivity contribution >= 4 is 0 Å². The van der Waals surface area contributed by atoms with Crippen molar-refractivity contribution in [3.8, 4) is 0 Å². The maximum absolute atomic E-state index is 5.42. The smallest absolute Gasteiger partial charge is 0.0630 e. The monoisotopic (exact) mass is 276 g/mol. The van der Waals surface area contributed by atoms with Gasteiger partial charge in [-0.15, -0.1) is 0 Å². The van der Waals surface area contributed by atoms with Gasteiger partial charge in [0.2, 0.25) is 0 Å². The number of fused-ring (bicyclic) bond motifs is 1. The Bertz CT molecular complexity index is 406. The Kier molecular flexibility index (Phi) is 6.02. The zero-order valence-electron chi connectivity index (χ0n) is 13.1. The van der Waals surface area contributed by atoms with Crippen LogP contribution in [0.25, 0.3) is 0 Å². The van der Waals surface area contributed by atoms with Crippen LogP contribution in [0.3, 0.4) is 0 Å². The van der Waals surface area contributed by atoms with E-state index in [0.29, 0.717) is 12.0 Å². The quantitative estimate of drug-likeness (QED) is 0.827. The number of methoxy groups -OCH3 is 1. The number of nitrogens with zero attached hydrogens (tertiary/aromatic N) is 1. The second-order valence-corrected chi connectivity index (χ2v) is 6.15. The molecule has 0 fully saturated rings. The van der Waals surface area contributed by atoms with E-state index in [4.69, 9.17) is 4.74 Å². The Morgan fingerprint density at radius 3 is 2.65 bits per heavy atom. The first-order valence-electron chi connectivity index (χ1n) is 7.71. The molecule has 1 aliphatic rings. The zero-order valence-corrected chi connectivity index (χ0v) is 13.1. The second-order valence-electron chi connectivity index (χ2n) is 6.15. The molecule has 2 rings (SSSR count). The SMILES string of the molecule is COCC(CNCC(C)C)N1CCc2ccccc2C1. The van der Waals surface area contributed by atoms with Gasteiger partial charge in [-0.05, 0) is 30.0 Å². The molecule has 0 saturated heterocycles. The van der Waals surface area contributed by atoms with Gasteiger partial charge in [-0.1, -0.05) is 38.1 Å². The molecule has 0 spiro atoms. The van der Waals surface area contributed by atoms with Crippen molar-refractivity contribution in [2.75, 3.05) is 33.4 Å². The summed E-state index contributed by atoms with van der Waals surface area (Å²) in [4.78, 5) is 2.55. The van der Waals surface area contributed by atoms with Gasteiger partial charge in [0.05, 0.1) is 6.61 Å². The van der Waals surface area contributed by atoms with Crippen LogP contribution in [0, 0.1) is 5.92 Å². The third kappa shape index (κ3) is 4.30. The maximum atomic E-state index is 5.42. The number of hydrogen-bond donors (Lipinski definition) is 1. The lowest BCUT2D eigenvalue weighted by Gasteiger charge is -2.35. The summed E-state index contributed by atoms with van der Waals surface area (Å²) in [6.07, 6.45) is 1.15. The summed E-state index contributed by atoms with van der Waals surface area (Å²) in [6.45, 7) is 9.55. The van der Waals surface area contributed by atoms with Crippen molar-refractivity contribution in [1.29, 1.82) is 0 Å². The maximum Gasteiger partial charge on any atom is 0.0630 e. The number of hydrogen-bond acceptors (Lipinski definition) is 3. The Hall–Kier alpha value is -0.900. The van der Waals surface area contributed by atoms with Gasteiger partial charge >= 0.3 is 0 Å². The summed E-state index contributed by atoms with van der Waals surface area (Å²) in [6, 6.07) is 9.27. The van der Waals surface area contributed by atoms with Crippen LogP contribution in [-0.4, -0.2) is 44.3 Å². The molecule has 0 saturated carbocycles. The first-order chi connectivity index (χ1) is 9.70. The van der Waals surface area contributed by atoms with Crippen molar-refractivity contribution in [3.63, 3.8) is 0 Å². The molecule has 1 unspecified atom stereocenters. The summed E-state index contributed by atoms with van der Waals surface area (Å²) < 4.78 is 5.42. The molecule has 3 heteroatoms. The average molecular weight is 276 g/mol. The molecular weight excluding hydrogens is 248 g/mol. The largest absolute Gasteiger partial charge is 0.383 e. The lowest BCUT2D eigenvalue weighted by atomic mass is 9.98. The summed E-state index contributed by atoms with van der Waals surface area (Å²) >= 11 is 0. The standard InChI is InChI=1S/C17H28N2O/c1-14(2)10-18-11-17(13-20-3)19-9-8-15-6-4-5-7-16(15)12-19/h4-7,14,17-18H,8-13H2,1-3H3. The Morgan fingerprint density at radius 1 is 1.20 bits per heavy atom. The van der Waals surface area contributed by atoms with E-state index in [1.54, 1.807) is 7.11 Å². The molecule has 3 nitrogen and oxygen atoms in total. The number of rotatable bonds is 7. The van der Waals surface area contributed by atoms with Crippen LogP contribution in [0.2, 0.25) is 0 Å². The highest BCUT2D eigenvalue weighted by molar-refractivity contribution is 5.29. The van der Waals surface area contributed by atoms with Crippen molar-refractivity contribution in [3.05, 3.63) is 35.4 Å². The van der Waals surface area contributed by atoms with E-state index in [1.165, 1.54) is 11.1 Å². The summed E-state index contributed by atoms with van der Waals surface area (Å²) in [5.74, 6) is 0.695. The summed E-state index contributed by atoms with van der Waals surface area (Å²) in [7, 11) is 1.80. The van der Waals surface area contributed by atoms with E-state index >= 15 is 0 Å². The van der Waals surface area contributed by atoms with Gasteiger partial charge in [-0.25, -0.2) is 0 Å². The Balaban J connectivity index is 1.93. The minimum atomic E-state index is 0.465. The molecular formula is C17H28N2O. The average Bonchev–Trinajstić information content (AvgIpc) is 2.45. The highest BCUT2D eigenvalue weighted by atomic mass is 16.5. The molecule has 1 aromatic rings. The first-order valence-corrected chi connectivity index (χ1v) is 7.71. The number of nitrogens with one attached hydrogen (secondary N) is 1. The fraction of sp³-hybridized carbons (Fsp3) is 0.647. The molecule has 1 aliphatic heterocycles. The summed E-state index contributed by atoms with van der Waals surface area (Å²) in [5, 5.41) is 3.57. The van der Waals surface area contributed by atoms with Crippen LogP contribution in [0.4, 0.5) is 0 Å². The lowest BCUT2D eigenvalue weighted by Crippen LogP contribution is -2.47. The normalized spacial score (nSPS) is 17.2. The van der Waals surface area contributed by atoms with Gasteiger partial charge < -0.3 is 10.1 Å². The van der Waals surface area contributed by atoms with Crippen LogP contribution >= 0.6 is 0 Å². The van der Waals surface area contributed by atoms with Crippen LogP contribution in [0.5, 0.6) is 0 Å². The van der Waals surface area contributed by atoms with E-state index in [2.05, 4.69) is 48.3 Å². The second kappa shape index (κ2) is 7.77. The molecule has 1 aromatic carbocycles. The van der Waals surface area contributed by atoms with Gasteiger partial charge in [0.15, 0.2) is 0 Å². The molecule has 0 radical (unpaired) electrons.